The van der Waals surface area contributed by atoms with Crippen LogP contribution >= 0.6 is 0 Å². The molecule has 0 saturated carbocycles. The number of benzene rings is 1. The predicted octanol–water partition coefficient (Wildman–Crippen LogP) is 2.50. The van der Waals surface area contributed by atoms with Crippen LogP contribution in [0.4, 0.5) is 5.69 Å². The van der Waals surface area contributed by atoms with E-state index < -0.39 is 28.7 Å². The number of nitro groups is 1. The molecule has 1 aliphatic rings. The molecular weight excluding hydrogens is 408 g/mol. The van der Waals surface area contributed by atoms with E-state index in [4.69, 9.17) is 14.2 Å². The van der Waals surface area contributed by atoms with E-state index in [0.717, 1.165) is 0 Å². The first-order chi connectivity index (χ1) is 14.7. The first kappa shape index (κ1) is 23.6. The fourth-order valence-corrected chi connectivity index (χ4v) is 3.34. The number of esters is 3. The van der Waals surface area contributed by atoms with Crippen LogP contribution in [0.15, 0.2) is 46.8 Å². The number of dihydropyridines is 1. The summed E-state index contributed by atoms with van der Waals surface area (Å²) in [5.41, 5.74) is 1.05. The Bertz CT molecular complexity index is 947. The van der Waals surface area contributed by atoms with E-state index in [1.807, 2.05) is 0 Å². The highest BCUT2D eigenvalue weighted by molar-refractivity contribution is 6.00. The summed E-state index contributed by atoms with van der Waals surface area (Å²) in [7, 11) is 1.21. The van der Waals surface area contributed by atoms with Gasteiger partial charge in [0.05, 0.1) is 48.7 Å². The normalized spacial score (nSPS) is 15.8. The topological polar surface area (TPSA) is 134 Å². The van der Waals surface area contributed by atoms with Crippen molar-refractivity contribution in [2.24, 2.45) is 0 Å². The van der Waals surface area contributed by atoms with Crippen LogP contribution in [0.2, 0.25) is 0 Å². The van der Waals surface area contributed by atoms with E-state index in [0.29, 0.717) is 11.3 Å². The van der Waals surface area contributed by atoms with Crippen LogP contribution in [0.5, 0.6) is 0 Å². The smallest absolute Gasteiger partial charge is 0.336 e. The van der Waals surface area contributed by atoms with E-state index in [1.54, 1.807) is 20.8 Å². The van der Waals surface area contributed by atoms with Gasteiger partial charge in [0.15, 0.2) is 0 Å². The lowest BCUT2D eigenvalue weighted by molar-refractivity contribution is -0.384. The first-order valence-corrected chi connectivity index (χ1v) is 9.61. The van der Waals surface area contributed by atoms with Gasteiger partial charge in [0.1, 0.15) is 0 Å². The zero-order chi connectivity index (χ0) is 23.1. The van der Waals surface area contributed by atoms with Crippen LogP contribution in [0.1, 0.15) is 38.7 Å². The molecule has 0 amide bonds. The number of non-ortho nitro benzene ring substituents is 1. The molecule has 1 N–H and O–H groups in total. The van der Waals surface area contributed by atoms with E-state index in [1.165, 1.54) is 31.4 Å². The van der Waals surface area contributed by atoms with Gasteiger partial charge in [-0.25, -0.2) is 9.59 Å². The SMILES string of the molecule is CCOC(=O)CC1=C(C(=O)OCC)C(c2ccc([N+](=O)[O-])cc2)C(C(=O)OC)=C(C)N1. The Labute approximate surface area is 179 Å². The quantitative estimate of drug-likeness (QED) is 0.284. The summed E-state index contributed by atoms with van der Waals surface area (Å²) in [6.45, 7) is 5.13. The van der Waals surface area contributed by atoms with Gasteiger partial charge in [-0.1, -0.05) is 12.1 Å². The van der Waals surface area contributed by atoms with Gasteiger partial charge in [0.25, 0.3) is 5.69 Å². The minimum Gasteiger partial charge on any atom is -0.466 e. The third kappa shape index (κ3) is 5.27. The number of ether oxygens (including phenoxy) is 3. The van der Waals surface area contributed by atoms with Crippen LogP contribution in [-0.2, 0) is 28.6 Å². The molecule has 0 fully saturated rings. The van der Waals surface area contributed by atoms with E-state index >= 15 is 0 Å². The minimum absolute atomic E-state index is 0.0368. The molecule has 2 rings (SSSR count). The summed E-state index contributed by atoms with van der Waals surface area (Å²) in [6, 6.07) is 5.45. The number of nitrogens with zero attached hydrogens (tertiary/aromatic N) is 1. The zero-order valence-electron chi connectivity index (χ0n) is 17.7. The zero-order valence-corrected chi connectivity index (χ0v) is 17.7. The largest absolute Gasteiger partial charge is 0.466 e. The molecule has 1 aromatic carbocycles. The molecule has 0 aliphatic carbocycles. The summed E-state index contributed by atoms with van der Waals surface area (Å²) in [6.07, 6.45) is -0.253. The molecule has 1 atom stereocenters. The minimum atomic E-state index is -0.960. The number of hydrogen-bond acceptors (Lipinski definition) is 9. The molecule has 1 heterocycles. The highest BCUT2D eigenvalue weighted by Crippen LogP contribution is 2.40. The van der Waals surface area contributed by atoms with E-state index in [-0.39, 0.29) is 42.2 Å². The van der Waals surface area contributed by atoms with Gasteiger partial charge in [-0.2, -0.15) is 0 Å². The van der Waals surface area contributed by atoms with Crippen LogP contribution < -0.4 is 5.32 Å². The Kier molecular flexibility index (Phi) is 7.89. The van der Waals surface area contributed by atoms with Crippen molar-refractivity contribution in [2.75, 3.05) is 20.3 Å². The Morgan fingerprint density at radius 2 is 1.65 bits per heavy atom. The number of carbonyl (C=O) groups excluding carboxylic acids is 3. The summed E-state index contributed by atoms with van der Waals surface area (Å²) >= 11 is 0. The van der Waals surface area contributed by atoms with Gasteiger partial charge in [0.2, 0.25) is 0 Å². The second-order valence-corrected chi connectivity index (χ2v) is 6.53. The van der Waals surface area contributed by atoms with Crippen molar-refractivity contribution >= 4 is 23.6 Å². The van der Waals surface area contributed by atoms with Crippen LogP contribution in [0.3, 0.4) is 0 Å². The summed E-state index contributed by atoms with van der Waals surface area (Å²) in [5.74, 6) is -2.95. The van der Waals surface area contributed by atoms with Gasteiger partial charge in [-0.3, -0.25) is 14.9 Å². The number of nitro benzene ring substituents is 1. The van der Waals surface area contributed by atoms with Crippen LogP contribution in [0, 0.1) is 10.1 Å². The van der Waals surface area contributed by atoms with Crippen LogP contribution in [-0.4, -0.2) is 43.2 Å². The number of methoxy groups -OCH3 is 1. The van der Waals surface area contributed by atoms with Crippen LogP contribution in [0.25, 0.3) is 0 Å². The summed E-state index contributed by atoms with van der Waals surface area (Å²) in [4.78, 5) is 48.1. The average molecular weight is 432 g/mol. The standard InChI is InChI=1S/C21H24N2O8/c1-5-30-16(24)11-15-19(21(26)31-6-2)18(17(12(3)22-15)20(25)29-4)13-7-9-14(10-8-13)23(27)28/h7-10,18,22H,5-6,11H2,1-4H3. The molecule has 0 bridgehead atoms. The van der Waals surface area contributed by atoms with Crippen molar-refractivity contribution in [3.05, 3.63) is 62.5 Å². The predicted molar refractivity (Wildman–Crippen MR) is 109 cm³/mol. The molecule has 0 saturated heterocycles. The van der Waals surface area contributed by atoms with Crippen molar-refractivity contribution in [2.45, 2.75) is 33.1 Å². The average Bonchev–Trinajstić information content (AvgIpc) is 2.73. The van der Waals surface area contributed by atoms with Gasteiger partial charge >= 0.3 is 17.9 Å². The maximum Gasteiger partial charge on any atom is 0.336 e. The molecule has 0 spiro atoms. The maximum absolute atomic E-state index is 12.9. The van der Waals surface area contributed by atoms with Crippen molar-refractivity contribution in [1.82, 2.24) is 5.32 Å². The highest BCUT2D eigenvalue weighted by Gasteiger charge is 2.39. The lowest BCUT2D eigenvalue weighted by Crippen LogP contribution is -2.34. The Balaban J connectivity index is 2.70. The number of nitrogens with one attached hydrogen (secondary N) is 1. The second kappa shape index (κ2) is 10.4. The second-order valence-electron chi connectivity index (χ2n) is 6.53. The molecule has 31 heavy (non-hydrogen) atoms. The van der Waals surface area contributed by atoms with E-state index in [2.05, 4.69) is 5.32 Å². The molecule has 1 unspecified atom stereocenters. The number of hydrogen-bond donors (Lipinski definition) is 1. The number of rotatable bonds is 8. The molecule has 1 aromatic rings. The summed E-state index contributed by atoms with van der Waals surface area (Å²) < 4.78 is 15.1. The number of allylic oxidation sites excluding steroid dienone is 1. The van der Waals surface area contributed by atoms with Gasteiger partial charge in [0, 0.05) is 23.5 Å². The fraction of sp³-hybridized carbons (Fsp3) is 0.381. The van der Waals surface area contributed by atoms with Gasteiger partial charge < -0.3 is 19.5 Å². The molecule has 1 aliphatic heterocycles. The molecule has 166 valence electrons. The monoisotopic (exact) mass is 432 g/mol. The Hall–Kier alpha value is -3.69. The molecular formula is C21H24N2O8. The highest BCUT2D eigenvalue weighted by atomic mass is 16.6. The van der Waals surface area contributed by atoms with Gasteiger partial charge in [-0.05, 0) is 26.3 Å². The third-order valence-electron chi connectivity index (χ3n) is 4.61. The molecule has 0 radical (unpaired) electrons. The number of carbonyl (C=O) groups is 3. The molecule has 10 heteroatoms. The molecule has 10 nitrogen and oxygen atoms in total. The lowest BCUT2D eigenvalue weighted by Gasteiger charge is -2.31. The summed E-state index contributed by atoms with van der Waals surface area (Å²) in [5, 5.41) is 14.0. The Morgan fingerprint density at radius 3 is 2.16 bits per heavy atom. The van der Waals surface area contributed by atoms with Gasteiger partial charge in [-0.15, -0.1) is 0 Å². The lowest BCUT2D eigenvalue weighted by atomic mass is 9.79. The molecule has 0 aromatic heterocycles. The first-order valence-electron chi connectivity index (χ1n) is 9.61. The maximum atomic E-state index is 12.9. The van der Waals surface area contributed by atoms with Crippen molar-refractivity contribution in [3.63, 3.8) is 0 Å². The Morgan fingerprint density at radius 1 is 1.03 bits per heavy atom. The van der Waals surface area contributed by atoms with Crippen molar-refractivity contribution < 1.29 is 33.5 Å². The third-order valence-corrected chi connectivity index (χ3v) is 4.61. The fourth-order valence-electron chi connectivity index (χ4n) is 3.34. The van der Waals surface area contributed by atoms with E-state index in [9.17, 15) is 24.5 Å². The van der Waals surface area contributed by atoms with Crippen molar-refractivity contribution in [3.8, 4) is 0 Å². The van der Waals surface area contributed by atoms with Crippen molar-refractivity contribution in [1.29, 1.82) is 0 Å².